The number of hydrogen-bond acceptors (Lipinski definition) is 0. The third-order valence-electron chi connectivity index (χ3n) is 7.50. The Morgan fingerprint density at radius 2 is 1.41 bits per heavy atom. The first-order chi connectivity index (χ1) is 13.2. The Labute approximate surface area is 168 Å². The van der Waals surface area contributed by atoms with Crippen LogP contribution in [0.5, 0.6) is 0 Å². The fourth-order valence-electron chi connectivity index (χ4n) is 5.90. The van der Waals surface area contributed by atoms with Gasteiger partial charge < -0.3 is 0 Å². The van der Waals surface area contributed by atoms with Crippen molar-refractivity contribution in [2.24, 2.45) is 17.8 Å². The fourth-order valence-corrected chi connectivity index (χ4v) is 5.90. The minimum absolute atomic E-state index is 0.825. The summed E-state index contributed by atoms with van der Waals surface area (Å²) < 4.78 is 0. The molecule has 0 atom stereocenters. The molecule has 0 aromatic heterocycles. The molecule has 2 aliphatic rings. The molecule has 0 heterocycles. The van der Waals surface area contributed by atoms with Crippen LogP contribution in [0.4, 0.5) is 0 Å². The first-order valence-electron chi connectivity index (χ1n) is 11.9. The number of allylic oxidation sites excluding steroid dienone is 1. The van der Waals surface area contributed by atoms with Gasteiger partial charge in [-0.3, -0.25) is 0 Å². The maximum atomic E-state index is 4.30. The van der Waals surface area contributed by atoms with Crippen molar-refractivity contribution in [3.8, 4) is 0 Å². The Morgan fingerprint density at radius 1 is 0.815 bits per heavy atom. The first-order valence-corrected chi connectivity index (χ1v) is 11.9. The van der Waals surface area contributed by atoms with Crippen molar-refractivity contribution in [3.05, 3.63) is 47.5 Å². The summed E-state index contributed by atoms with van der Waals surface area (Å²) in [6, 6.07) is 9.59. The van der Waals surface area contributed by atoms with E-state index >= 15 is 0 Å². The molecule has 27 heavy (non-hydrogen) atoms. The van der Waals surface area contributed by atoms with E-state index in [9.17, 15) is 0 Å². The summed E-state index contributed by atoms with van der Waals surface area (Å²) in [6.07, 6.45) is 18.0. The van der Waals surface area contributed by atoms with Crippen LogP contribution in [0.1, 0.15) is 108 Å². The molecule has 2 aliphatic carbocycles. The predicted octanol–water partition coefficient (Wildman–Crippen LogP) is 8.47. The fraction of sp³-hybridized carbons (Fsp3) is 0.704. The molecule has 0 N–H and O–H groups in total. The zero-order valence-corrected chi connectivity index (χ0v) is 18.0. The lowest BCUT2D eigenvalue weighted by molar-refractivity contribution is 0.159. The molecule has 0 spiro atoms. The van der Waals surface area contributed by atoms with Crippen LogP contribution in [-0.2, 0) is 6.42 Å². The van der Waals surface area contributed by atoms with Crippen molar-refractivity contribution in [1.29, 1.82) is 0 Å². The number of benzene rings is 1. The van der Waals surface area contributed by atoms with E-state index in [-0.39, 0.29) is 0 Å². The first kappa shape index (κ1) is 20.7. The van der Waals surface area contributed by atoms with Crippen molar-refractivity contribution in [2.75, 3.05) is 0 Å². The molecule has 0 nitrogen and oxygen atoms in total. The van der Waals surface area contributed by atoms with Crippen molar-refractivity contribution >= 4 is 0 Å². The molecule has 1 aromatic carbocycles. The Hall–Kier alpha value is -1.04. The van der Waals surface area contributed by atoms with Crippen molar-refractivity contribution in [1.82, 2.24) is 0 Å². The van der Waals surface area contributed by atoms with Crippen LogP contribution in [0.25, 0.3) is 0 Å². The van der Waals surface area contributed by atoms with Gasteiger partial charge in [0.05, 0.1) is 0 Å². The standard InChI is InChI=1S/C27H42/c1-4-6-21(3)20-23-10-14-25(15-11-23)27-18-16-26(17-19-27)24-12-8-22(7-5-2)9-13-24/h8-9,12-13,23,25-27H,3-7,10-11,14-20H2,1-2H3. The predicted molar refractivity (Wildman–Crippen MR) is 119 cm³/mol. The molecule has 1 aromatic rings. The van der Waals surface area contributed by atoms with Crippen LogP contribution >= 0.6 is 0 Å². The van der Waals surface area contributed by atoms with Crippen LogP contribution in [0.3, 0.4) is 0 Å². The largest absolute Gasteiger partial charge is 0.0999 e. The number of aryl methyl sites for hydroxylation is 1. The Morgan fingerprint density at radius 3 is 1.96 bits per heavy atom. The van der Waals surface area contributed by atoms with Gasteiger partial charge in [-0.2, -0.15) is 0 Å². The highest BCUT2D eigenvalue weighted by molar-refractivity contribution is 5.26. The number of hydrogen-bond donors (Lipinski definition) is 0. The Balaban J connectivity index is 1.41. The third-order valence-corrected chi connectivity index (χ3v) is 7.50. The minimum Gasteiger partial charge on any atom is -0.0999 e. The lowest BCUT2D eigenvalue weighted by Gasteiger charge is -2.38. The normalized spacial score (nSPS) is 28.8. The average molecular weight is 367 g/mol. The van der Waals surface area contributed by atoms with E-state index in [1.165, 1.54) is 94.6 Å². The molecule has 0 bridgehead atoms. The van der Waals surface area contributed by atoms with Crippen LogP contribution in [-0.4, -0.2) is 0 Å². The summed E-state index contributed by atoms with van der Waals surface area (Å²) in [5.74, 6) is 3.80. The third kappa shape index (κ3) is 5.97. The van der Waals surface area contributed by atoms with Gasteiger partial charge in [0.2, 0.25) is 0 Å². The van der Waals surface area contributed by atoms with Gasteiger partial charge >= 0.3 is 0 Å². The van der Waals surface area contributed by atoms with Gasteiger partial charge in [-0.1, -0.05) is 63.1 Å². The van der Waals surface area contributed by atoms with Crippen molar-refractivity contribution < 1.29 is 0 Å². The molecule has 0 heteroatoms. The monoisotopic (exact) mass is 366 g/mol. The van der Waals surface area contributed by atoms with Crippen molar-refractivity contribution in [3.63, 3.8) is 0 Å². The molecule has 0 radical (unpaired) electrons. The summed E-state index contributed by atoms with van der Waals surface area (Å²) in [7, 11) is 0. The second-order valence-electron chi connectivity index (χ2n) is 9.59. The Kier molecular flexibility index (Phi) is 8.04. The molecule has 0 saturated heterocycles. The summed E-state index contributed by atoms with van der Waals surface area (Å²) >= 11 is 0. The summed E-state index contributed by atoms with van der Waals surface area (Å²) in [5.41, 5.74) is 4.62. The van der Waals surface area contributed by atoms with Gasteiger partial charge in [0.25, 0.3) is 0 Å². The van der Waals surface area contributed by atoms with Gasteiger partial charge in [-0.05, 0) is 105 Å². The molecule has 0 unspecified atom stereocenters. The smallest absolute Gasteiger partial charge is 0.0162 e. The second kappa shape index (κ2) is 10.5. The van der Waals surface area contributed by atoms with Gasteiger partial charge in [0, 0.05) is 0 Å². The molecule has 0 amide bonds. The summed E-state index contributed by atoms with van der Waals surface area (Å²) in [5, 5.41) is 0. The van der Waals surface area contributed by atoms with Crippen LogP contribution < -0.4 is 0 Å². The van der Waals surface area contributed by atoms with Gasteiger partial charge in [0.1, 0.15) is 0 Å². The zero-order chi connectivity index (χ0) is 19.1. The van der Waals surface area contributed by atoms with E-state index in [1.807, 2.05) is 0 Å². The number of rotatable bonds is 8. The molecule has 2 saturated carbocycles. The van der Waals surface area contributed by atoms with E-state index in [1.54, 1.807) is 5.56 Å². The van der Waals surface area contributed by atoms with E-state index in [2.05, 4.69) is 44.7 Å². The average Bonchev–Trinajstić information content (AvgIpc) is 2.70. The maximum absolute atomic E-state index is 4.30. The zero-order valence-electron chi connectivity index (χ0n) is 18.0. The van der Waals surface area contributed by atoms with E-state index in [0.717, 1.165) is 23.7 Å². The highest BCUT2D eigenvalue weighted by atomic mass is 14.4. The molecule has 150 valence electrons. The summed E-state index contributed by atoms with van der Waals surface area (Å²) in [4.78, 5) is 0. The molecule has 0 aliphatic heterocycles. The van der Waals surface area contributed by atoms with Crippen molar-refractivity contribution in [2.45, 2.75) is 103 Å². The van der Waals surface area contributed by atoms with Gasteiger partial charge in [0.15, 0.2) is 0 Å². The minimum atomic E-state index is 0.825. The quantitative estimate of drug-likeness (QED) is 0.405. The highest BCUT2D eigenvalue weighted by Gasteiger charge is 2.31. The SMILES string of the molecule is C=C(CCC)CC1CCC(C2CCC(c3ccc(CCC)cc3)CC2)CC1. The molecule has 3 rings (SSSR count). The summed E-state index contributed by atoms with van der Waals surface area (Å²) in [6.45, 7) is 8.84. The van der Waals surface area contributed by atoms with E-state index < -0.39 is 0 Å². The Bertz CT molecular complexity index is 550. The lowest BCUT2D eigenvalue weighted by Crippen LogP contribution is -2.25. The molecular weight excluding hydrogens is 324 g/mol. The van der Waals surface area contributed by atoms with Gasteiger partial charge in [-0.25, -0.2) is 0 Å². The molecular formula is C27H42. The van der Waals surface area contributed by atoms with E-state index in [4.69, 9.17) is 0 Å². The topological polar surface area (TPSA) is 0 Å². The molecule has 2 fully saturated rings. The lowest BCUT2D eigenvalue weighted by atomic mass is 9.67. The van der Waals surface area contributed by atoms with E-state index in [0.29, 0.717) is 0 Å². The maximum Gasteiger partial charge on any atom is -0.0162 e. The van der Waals surface area contributed by atoms with Crippen LogP contribution in [0, 0.1) is 17.8 Å². The van der Waals surface area contributed by atoms with Crippen LogP contribution in [0.2, 0.25) is 0 Å². The second-order valence-corrected chi connectivity index (χ2v) is 9.59. The van der Waals surface area contributed by atoms with Gasteiger partial charge in [-0.15, -0.1) is 0 Å². The highest BCUT2D eigenvalue weighted by Crippen LogP contribution is 2.44. The van der Waals surface area contributed by atoms with Crippen LogP contribution in [0.15, 0.2) is 36.4 Å².